The van der Waals surface area contributed by atoms with Crippen molar-refractivity contribution < 1.29 is 4.39 Å². The zero-order valence-electron chi connectivity index (χ0n) is 10.6. The highest BCUT2D eigenvalue weighted by Gasteiger charge is 2.11. The molecule has 5 heteroatoms. The third-order valence-electron chi connectivity index (χ3n) is 2.54. The molecule has 2 nitrogen and oxygen atoms in total. The van der Waals surface area contributed by atoms with Crippen molar-refractivity contribution >= 4 is 23.2 Å². The van der Waals surface area contributed by atoms with Crippen LogP contribution in [0.15, 0.2) is 24.3 Å². The van der Waals surface area contributed by atoms with Gasteiger partial charge in [0.15, 0.2) is 5.82 Å². The van der Waals surface area contributed by atoms with Crippen LogP contribution in [0.4, 0.5) is 4.39 Å². The molecule has 0 radical (unpaired) electrons. The Labute approximate surface area is 121 Å². The molecule has 0 fully saturated rings. The molecule has 0 saturated heterocycles. The van der Waals surface area contributed by atoms with Crippen molar-refractivity contribution in [1.29, 1.82) is 0 Å². The smallest absolute Gasteiger partial charge is 0.162 e. The van der Waals surface area contributed by atoms with E-state index in [0.717, 1.165) is 12.1 Å². The lowest BCUT2D eigenvalue weighted by Gasteiger charge is -2.08. The maximum absolute atomic E-state index is 13.0. The van der Waals surface area contributed by atoms with Crippen LogP contribution in [0.2, 0.25) is 10.2 Å². The minimum atomic E-state index is -0.391. The van der Waals surface area contributed by atoms with Crippen molar-refractivity contribution in [3.8, 4) is 11.4 Å². The number of halogens is 3. The largest absolute Gasteiger partial charge is 0.233 e. The van der Waals surface area contributed by atoms with Gasteiger partial charge in [-0.3, -0.25) is 0 Å². The van der Waals surface area contributed by atoms with Gasteiger partial charge in [0.1, 0.15) is 11.0 Å². The topological polar surface area (TPSA) is 25.8 Å². The van der Waals surface area contributed by atoms with E-state index in [2.05, 4.69) is 23.8 Å². The van der Waals surface area contributed by atoms with Crippen LogP contribution in [0.25, 0.3) is 11.4 Å². The van der Waals surface area contributed by atoms with Crippen LogP contribution in [0.5, 0.6) is 0 Å². The summed E-state index contributed by atoms with van der Waals surface area (Å²) < 4.78 is 13.0. The van der Waals surface area contributed by atoms with Gasteiger partial charge in [0, 0.05) is 11.3 Å². The number of hydrogen-bond acceptors (Lipinski definition) is 2. The molecule has 0 atom stereocenters. The lowest BCUT2D eigenvalue weighted by atomic mass is 10.1. The van der Waals surface area contributed by atoms with Crippen molar-refractivity contribution in [3.05, 3.63) is 46.0 Å². The molecular weight excluding hydrogens is 286 g/mol. The van der Waals surface area contributed by atoms with E-state index in [9.17, 15) is 4.39 Å². The van der Waals surface area contributed by atoms with Gasteiger partial charge in [-0.15, -0.1) is 0 Å². The minimum Gasteiger partial charge on any atom is -0.233 e. The Balaban J connectivity index is 2.46. The second-order valence-corrected chi connectivity index (χ2v) is 5.52. The summed E-state index contributed by atoms with van der Waals surface area (Å²) in [6.45, 7) is 4.20. The minimum absolute atomic E-state index is 0.276. The summed E-state index contributed by atoms with van der Waals surface area (Å²) in [7, 11) is 0. The zero-order chi connectivity index (χ0) is 14.0. The van der Waals surface area contributed by atoms with E-state index in [0.29, 0.717) is 22.5 Å². The van der Waals surface area contributed by atoms with E-state index in [1.54, 1.807) is 12.1 Å². The molecular formula is C14H13Cl2FN2. The first-order chi connectivity index (χ1) is 8.95. The van der Waals surface area contributed by atoms with Crippen LogP contribution in [0, 0.1) is 11.7 Å². The van der Waals surface area contributed by atoms with Gasteiger partial charge in [-0.2, -0.15) is 0 Å². The highest BCUT2D eigenvalue weighted by Crippen LogP contribution is 2.27. The molecule has 0 aliphatic rings. The molecule has 0 aliphatic carbocycles. The summed E-state index contributed by atoms with van der Waals surface area (Å²) in [5, 5.41) is 0.638. The molecule has 0 unspecified atom stereocenters. The molecule has 0 saturated carbocycles. The average molecular weight is 299 g/mol. The first-order valence-electron chi connectivity index (χ1n) is 5.94. The standard InChI is InChI=1S/C14H13Cl2FN2/c1-8(2)5-10-7-13(16)19-14(18-10)11-4-3-9(17)6-12(11)15/h3-4,6-8H,5H2,1-2H3. The lowest BCUT2D eigenvalue weighted by Crippen LogP contribution is -2.01. The molecule has 1 aromatic heterocycles. The van der Waals surface area contributed by atoms with Crippen LogP contribution >= 0.6 is 23.2 Å². The molecule has 1 heterocycles. The van der Waals surface area contributed by atoms with Gasteiger partial charge < -0.3 is 0 Å². The third kappa shape index (κ3) is 3.64. The van der Waals surface area contributed by atoms with E-state index < -0.39 is 5.82 Å². The molecule has 0 amide bonds. The Kier molecular flexibility index (Phi) is 4.38. The average Bonchev–Trinajstić information content (AvgIpc) is 2.26. The maximum atomic E-state index is 13.0. The Morgan fingerprint density at radius 1 is 1.16 bits per heavy atom. The number of hydrogen-bond donors (Lipinski definition) is 0. The molecule has 2 aromatic rings. The second kappa shape index (κ2) is 5.85. The number of nitrogens with zero attached hydrogens (tertiary/aromatic N) is 2. The van der Waals surface area contributed by atoms with Crippen LogP contribution < -0.4 is 0 Å². The molecule has 0 bridgehead atoms. The summed E-state index contributed by atoms with van der Waals surface area (Å²) >= 11 is 12.0. The number of benzene rings is 1. The quantitative estimate of drug-likeness (QED) is 0.762. The fourth-order valence-corrected chi connectivity index (χ4v) is 2.24. The highest BCUT2D eigenvalue weighted by molar-refractivity contribution is 6.33. The molecule has 19 heavy (non-hydrogen) atoms. The molecule has 0 N–H and O–H groups in total. The Morgan fingerprint density at radius 3 is 2.53 bits per heavy atom. The first kappa shape index (κ1) is 14.2. The SMILES string of the molecule is CC(C)Cc1cc(Cl)nc(-c2ccc(F)cc2Cl)n1. The van der Waals surface area contributed by atoms with Gasteiger partial charge in [0.25, 0.3) is 0 Å². The normalized spacial score (nSPS) is 11.1. The summed E-state index contributed by atoms with van der Waals surface area (Å²) in [5.74, 6) is 0.494. The summed E-state index contributed by atoms with van der Waals surface area (Å²) in [6.07, 6.45) is 0.800. The monoisotopic (exact) mass is 298 g/mol. The lowest BCUT2D eigenvalue weighted by molar-refractivity contribution is 0.628. The van der Waals surface area contributed by atoms with Crippen LogP contribution in [0.3, 0.4) is 0 Å². The second-order valence-electron chi connectivity index (χ2n) is 4.73. The van der Waals surface area contributed by atoms with E-state index in [1.165, 1.54) is 12.1 Å². The fraction of sp³-hybridized carbons (Fsp3) is 0.286. The van der Waals surface area contributed by atoms with Crippen molar-refractivity contribution in [2.45, 2.75) is 20.3 Å². The molecule has 0 spiro atoms. The van der Waals surface area contributed by atoms with Crippen LogP contribution in [-0.4, -0.2) is 9.97 Å². The zero-order valence-corrected chi connectivity index (χ0v) is 12.1. The predicted octanol–water partition coefficient (Wildman–Crippen LogP) is 4.79. The Hall–Kier alpha value is -1.19. The van der Waals surface area contributed by atoms with Gasteiger partial charge in [-0.25, -0.2) is 14.4 Å². The molecule has 100 valence electrons. The van der Waals surface area contributed by atoms with E-state index in [1.807, 2.05) is 0 Å². The van der Waals surface area contributed by atoms with Crippen LogP contribution in [-0.2, 0) is 6.42 Å². The summed E-state index contributed by atoms with van der Waals surface area (Å²) in [6, 6.07) is 5.86. The van der Waals surface area contributed by atoms with E-state index in [-0.39, 0.29) is 5.02 Å². The maximum Gasteiger partial charge on any atom is 0.162 e. The van der Waals surface area contributed by atoms with Gasteiger partial charge in [0.05, 0.1) is 5.02 Å². The van der Waals surface area contributed by atoms with Crippen molar-refractivity contribution in [2.24, 2.45) is 5.92 Å². The van der Waals surface area contributed by atoms with Crippen LogP contribution in [0.1, 0.15) is 19.5 Å². The van der Waals surface area contributed by atoms with E-state index >= 15 is 0 Å². The molecule has 2 rings (SSSR count). The Bertz CT molecular complexity index is 600. The Morgan fingerprint density at radius 2 is 1.89 bits per heavy atom. The fourth-order valence-electron chi connectivity index (χ4n) is 1.78. The summed E-state index contributed by atoms with van der Waals surface area (Å²) in [5.41, 5.74) is 1.43. The van der Waals surface area contributed by atoms with Gasteiger partial charge in [0.2, 0.25) is 0 Å². The third-order valence-corrected chi connectivity index (χ3v) is 3.04. The first-order valence-corrected chi connectivity index (χ1v) is 6.70. The van der Waals surface area contributed by atoms with E-state index in [4.69, 9.17) is 23.2 Å². The van der Waals surface area contributed by atoms with Gasteiger partial charge in [-0.05, 0) is 36.6 Å². The molecule has 1 aromatic carbocycles. The van der Waals surface area contributed by atoms with Crippen molar-refractivity contribution in [2.75, 3.05) is 0 Å². The van der Waals surface area contributed by atoms with Crippen molar-refractivity contribution in [1.82, 2.24) is 9.97 Å². The number of rotatable bonds is 3. The summed E-state index contributed by atoms with van der Waals surface area (Å²) in [4.78, 5) is 8.58. The van der Waals surface area contributed by atoms with Gasteiger partial charge >= 0.3 is 0 Å². The molecule has 0 aliphatic heterocycles. The highest BCUT2D eigenvalue weighted by atomic mass is 35.5. The predicted molar refractivity (Wildman–Crippen MR) is 76.0 cm³/mol. The van der Waals surface area contributed by atoms with Gasteiger partial charge in [-0.1, -0.05) is 37.0 Å². The van der Waals surface area contributed by atoms with Crippen molar-refractivity contribution in [3.63, 3.8) is 0 Å². The number of aromatic nitrogens is 2.